The van der Waals surface area contributed by atoms with Crippen LogP contribution in [0, 0.1) is 6.92 Å². The molecule has 0 spiro atoms. The van der Waals surface area contributed by atoms with Crippen LogP contribution in [0.15, 0.2) is 24.3 Å². The molecular formula is C13H19N3. The van der Waals surface area contributed by atoms with Gasteiger partial charge in [0.1, 0.15) is 0 Å². The Labute approximate surface area is 96.2 Å². The Morgan fingerprint density at radius 2 is 2.06 bits per heavy atom. The molecule has 0 amide bonds. The first-order valence-corrected chi connectivity index (χ1v) is 5.65. The van der Waals surface area contributed by atoms with Crippen molar-refractivity contribution in [3.63, 3.8) is 0 Å². The van der Waals surface area contributed by atoms with Crippen molar-refractivity contribution in [3.8, 4) is 0 Å². The summed E-state index contributed by atoms with van der Waals surface area (Å²) in [5.41, 5.74) is 9.36. The molecular weight excluding hydrogens is 198 g/mol. The third-order valence-corrected chi connectivity index (χ3v) is 3.21. The molecule has 0 aliphatic heterocycles. The highest BCUT2D eigenvalue weighted by atomic mass is 15.2. The predicted octanol–water partition coefficient (Wildman–Crippen LogP) is 2.26. The van der Waals surface area contributed by atoms with Gasteiger partial charge < -0.3 is 15.6 Å². The van der Waals surface area contributed by atoms with E-state index >= 15 is 0 Å². The zero-order valence-corrected chi connectivity index (χ0v) is 10.1. The number of fused-ring (bicyclic) bond motifs is 1. The van der Waals surface area contributed by atoms with Gasteiger partial charge in [0, 0.05) is 36.2 Å². The molecule has 3 nitrogen and oxygen atoms in total. The largest absolute Gasteiger partial charge is 0.369 e. The van der Waals surface area contributed by atoms with Crippen LogP contribution in [-0.2, 0) is 0 Å². The summed E-state index contributed by atoms with van der Waals surface area (Å²) in [6.45, 7) is 4.91. The van der Waals surface area contributed by atoms with E-state index in [1.165, 1.54) is 22.3 Å². The average Bonchev–Trinajstić information content (AvgIpc) is 2.63. The fourth-order valence-electron chi connectivity index (χ4n) is 2.09. The van der Waals surface area contributed by atoms with Gasteiger partial charge in [0.2, 0.25) is 0 Å². The van der Waals surface area contributed by atoms with Crippen LogP contribution in [0.1, 0.15) is 12.6 Å². The second-order valence-electron chi connectivity index (χ2n) is 4.34. The lowest BCUT2D eigenvalue weighted by atomic mass is 10.2. The van der Waals surface area contributed by atoms with E-state index in [9.17, 15) is 0 Å². The molecule has 16 heavy (non-hydrogen) atoms. The maximum atomic E-state index is 5.72. The summed E-state index contributed by atoms with van der Waals surface area (Å²) >= 11 is 0. The maximum Gasteiger partial charge on any atom is 0.0654 e. The molecule has 1 aromatic carbocycles. The molecule has 1 unspecified atom stereocenters. The Kier molecular flexibility index (Phi) is 2.88. The molecule has 0 aliphatic carbocycles. The summed E-state index contributed by atoms with van der Waals surface area (Å²) in [5, 5.41) is 1.27. The topological polar surface area (TPSA) is 45.0 Å². The monoisotopic (exact) mass is 217 g/mol. The minimum Gasteiger partial charge on any atom is -0.369 e. The lowest BCUT2D eigenvalue weighted by Gasteiger charge is -2.26. The normalized spacial score (nSPS) is 13.0. The summed E-state index contributed by atoms with van der Waals surface area (Å²) in [7, 11) is 2.10. The van der Waals surface area contributed by atoms with Crippen LogP contribution >= 0.6 is 0 Å². The molecule has 1 aromatic heterocycles. The SMILES string of the molecule is Cc1[nH]c2ccccc2c1N(C)C(C)CN. The Bertz CT molecular complexity index is 487. The number of H-pyrrole nitrogens is 1. The first kappa shape index (κ1) is 11.0. The molecule has 1 atom stereocenters. The third-order valence-electron chi connectivity index (χ3n) is 3.21. The molecule has 3 N–H and O–H groups in total. The van der Waals surface area contributed by atoms with Crippen LogP contribution in [0.3, 0.4) is 0 Å². The standard InChI is InChI=1S/C13H19N3/c1-9(8-14)16(3)13-10(2)15-12-7-5-4-6-11(12)13/h4-7,9,15H,8,14H2,1-3H3. The van der Waals surface area contributed by atoms with Crippen LogP contribution in [-0.4, -0.2) is 24.6 Å². The lowest BCUT2D eigenvalue weighted by Crippen LogP contribution is -2.35. The minimum atomic E-state index is 0.345. The molecule has 0 fully saturated rings. The van der Waals surface area contributed by atoms with Crippen LogP contribution in [0.2, 0.25) is 0 Å². The summed E-state index contributed by atoms with van der Waals surface area (Å²) in [6.07, 6.45) is 0. The molecule has 2 aromatic rings. The number of rotatable bonds is 3. The number of benzene rings is 1. The lowest BCUT2D eigenvalue weighted by molar-refractivity contribution is 0.695. The molecule has 86 valence electrons. The molecule has 0 saturated heterocycles. The van der Waals surface area contributed by atoms with Gasteiger partial charge in [-0.3, -0.25) is 0 Å². The predicted molar refractivity (Wildman–Crippen MR) is 70.0 cm³/mol. The molecule has 1 heterocycles. The van der Waals surface area contributed by atoms with Crippen molar-refractivity contribution in [2.24, 2.45) is 5.73 Å². The van der Waals surface area contributed by atoms with E-state index in [-0.39, 0.29) is 0 Å². The Morgan fingerprint density at radius 1 is 1.38 bits per heavy atom. The van der Waals surface area contributed by atoms with Gasteiger partial charge in [-0.05, 0) is 19.9 Å². The number of hydrogen-bond acceptors (Lipinski definition) is 2. The maximum absolute atomic E-state index is 5.72. The van der Waals surface area contributed by atoms with Crippen molar-refractivity contribution in [1.82, 2.24) is 4.98 Å². The number of aromatic amines is 1. The van der Waals surface area contributed by atoms with Crippen molar-refractivity contribution in [2.75, 3.05) is 18.5 Å². The van der Waals surface area contributed by atoms with Gasteiger partial charge in [-0.2, -0.15) is 0 Å². The van der Waals surface area contributed by atoms with E-state index in [1.54, 1.807) is 0 Å². The number of para-hydroxylation sites is 1. The Balaban J connectivity index is 2.54. The number of nitrogens with two attached hydrogens (primary N) is 1. The highest BCUT2D eigenvalue weighted by molar-refractivity contribution is 5.94. The summed E-state index contributed by atoms with van der Waals surface area (Å²) in [5.74, 6) is 0. The van der Waals surface area contributed by atoms with Crippen molar-refractivity contribution in [2.45, 2.75) is 19.9 Å². The average molecular weight is 217 g/mol. The number of aryl methyl sites for hydroxylation is 1. The van der Waals surface area contributed by atoms with Crippen LogP contribution in [0.4, 0.5) is 5.69 Å². The quantitative estimate of drug-likeness (QED) is 0.828. The third kappa shape index (κ3) is 1.67. The van der Waals surface area contributed by atoms with E-state index in [4.69, 9.17) is 5.73 Å². The van der Waals surface area contributed by atoms with E-state index in [0.29, 0.717) is 12.6 Å². The van der Waals surface area contributed by atoms with Crippen molar-refractivity contribution in [3.05, 3.63) is 30.0 Å². The summed E-state index contributed by atoms with van der Waals surface area (Å²) in [4.78, 5) is 5.65. The second kappa shape index (κ2) is 4.18. The number of aromatic nitrogens is 1. The number of nitrogens with zero attached hydrogens (tertiary/aromatic N) is 1. The molecule has 3 heteroatoms. The fourth-order valence-corrected chi connectivity index (χ4v) is 2.09. The Morgan fingerprint density at radius 3 is 2.75 bits per heavy atom. The number of anilines is 1. The molecule has 0 saturated carbocycles. The number of likely N-dealkylation sites (N-methyl/N-ethyl adjacent to an activating group) is 1. The van der Waals surface area contributed by atoms with Gasteiger partial charge in [0.25, 0.3) is 0 Å². The highest BCUT2D eigenvalue weighted by Gasteiger charge is 2.15. The van der Waals surface area contributed by atoms with Gasteiger partial charge in [0.15, 0.2) is 0 Å². The molecule has 0 aliphatic rings. The minimum absolute atomic E-state index is 0.345. The van der Waals surface area contributed by atoms with Crippen molar-refractivity contribution < 1.29 is 0 Å². The van der Waals surface area contributed by atoms with Gasteiger partial charge in [-0.1, -0.05) is 18.2 Å². The number of hydrogen-bond donors (Lipinski definition) is 2. The van der Waals surface area contributed by atoms with E-state index in [0.717, 1.165) is 0 Å². The molecule has 0 bridgehead atoms. The number of nitrogens with one attached hydrogen (secondary N) is 1. The first-order chi connectivity index (χ1) is 7.65. The van der Waals surface area contributed by atoms with Crippen LogP contribution in [0.25, 0.3) is 10.9 Å². The summed E-state index contributed by atoms with van der Waals surface area (Å²) in [6, 6.07) is 8.72. The zero-order chi connectivity index (χ0) is 11.7. The van der Waals surface area contributed by atoms with Gasteiger partial charge in [-0.15, -0.1) is 0 Å². The van der Waals surface area contributed by atoms with E-state index in [2.05, 4.69) is 55.0 Å². The van der Waals surface area contributed by atoms with Gasteiger partial charge in [-0.25, -0.2) is 0 Å². The van der Waals surface area contributed by atoms with Gasteiger partial charge in [0.05, 0.1) is 5.69 Å². The smallest absolute Gasteiger partial charge is 0.0654 e. The van der Waals surface area contributed by atoms with Crippen molar-refractivity contribution in [1.29, 1.82) is 0 Å². The fraction of sp³-hybridized carbons (Fsp3) is 0.385. The van der Waals surface area contributed by atoms with Crippen LogP contribution < -0.4 is 10.6 Å². The highest BCUT2D eigenvalue weighted by Crippen LogP contribution is 2.30. The van der Waals surface area contributed by atoms with E-state index in [1.807, 2.05) is 0 Å². The molecule has 0 radical (unpaired) electrons. The van der Waals surface area contributed by atoms with Gasteiger partial charge >= 0.3 is 0 Å². The van der Waals surface area contributed by atoms with Crippen LogP contribution in [0.5, 0.6) is 0 Å². The zero-order valence-electron chi connectivity index (χ0n) is 10.1. The van der Waals surface area contributed by atoms with Crippen molar-refractivity contribution >= 4 is 16.6 Å². The summed E-state index contributed by atoms with van der Waals surface area (Å²) < 4.78 is 0. The second-order valence-corrected chi connectivity index (χ2v) is 4.34. The molecule has 2 rings (SSSR count). The Hall–Kier alpha value is -1.48. The van der Waals surface area contributed by atoms with E-state index < -0.39 is 0 Å². The first-order valence-electron chi connectivity index (χ1n) is 5.65.